The highest BCUT2D eigenvalue weighted by atomic mass is 32.2. The van der Waals surface area contributed by atoms with E-state index in [0.29, 0.717) is 10.6 Å². The lowest BCUT2D eigenvalue weighted by atomic mass is 10.2. The standard InChI is InChI=1S/C20H22N2O3S/c23-18(22-13-6-1-2-7-14-22)15-25-20(24)17-11-8-12-21-19(17)26-16-9-4-3-5-10-16/h3-5,8-12H,1-2,6-7,13-15H2. The number of nitrogens with zero attached hydrogens (tertiary/aromatic N) is 2. The van der Waals surface area contributed by atoms with E-state index in [1.807, 2.05) is 30.3 Å². The number of esters is 1. The molecule has 6 heteroatoms. The molecule has 26 heavy (non-hydrogen) atoms. The summed E-state index contributed by atoms with van der Waals surface area (Å²) in [5.41, 5.74) is 0.380. The van der Waals surface area contributed by atoms with Crippen molar-refractivity contribution in [3.05, 3.63) is 54.2 Å². The molecule has 1 aromatic carbocycles. The van der Waals surface area contributed by atoms with E-state index in [-0.39, 0.29) is 12.5 Å². The second-order valence-electron chi connectivity index (χ2n) is 6.14. The fourth-order valence-electron chi connectivity index (χ4n) is 2.84. The predicted molar refractivity (Wildman–Crippen MR) is 100 cm³/mol. The molecule has 2 heterocycles. The number of amides is 1. The van der Waals surface area contributed by atoms with Crippen LogP contribution in [0.3, 0.4) is 0 Å². The fraction of sp³-hybridized carbons (Fsp3) is 0.350. The molecule has 1 fully saturated rings. The minimum atomic E-state index is -0.514. The van der Waals surface area contributed by atoms with Gasteiger partial charge in [0.1, 0.15) is 5.03 Å². The van der Waals surface area contributed by atoms with Crippen molar-refractivity contribution in [3.63, 3.8) is 0 Å². The number of hydrogen-bond acceptors (Lipinski definition) is 5. The quantitative estimate of drug-likeness (QED) is 0.750. The molecule has 0 spiro atoms. The fourth-order valence-corrected chi connectivity index (χ4v) is 3.74. The molecule has 1 aliphatic rings. The molecule has 0 saturated carbocycles. The molecule has 1 amide bonds. The average molecular weight is 370 g/mol. The van der Waals surface area contributed by atoms with E-state index in [9.17, 15) is 9.59 Å². The van der Waals surface area contributed by atoms with Gasteiger partial charge in [-0.1, -0.05) is 42.8 Å². The predicted octanol–water partition coefficient (Wildman–Crippen LogP) is 3.79. The van der Waals surface area contributed by atoms with Crippen LogP contribution < -0.4 is 0 Å². The van der Waals surface area contributed by atoms with E-state index < -0.39 is 5.97 Å². The molecular formula is C20H22N2O3S. The maximum Gasteiger partial charge on any atom is 0.341 e. The van der Waals surface area contributed by atoms with Gasteiger partial charge in [-0.3, -0.25) is 4.79 Å². The molecule has 0 radical (unpaired) electrons. The van der Waals surface area contributed by atoms with Gasteiger partial charge in [0, 0.05) is 24.2 Å². The Bertz CT molecular complexity index is 744. The van der Waals surface area contributed by atoms with Crippen LogP contribution in [0.15, 0.2) is 58.6 Å². The molecule has 3 rings (SSSR count). The lowest BCUT2D eigenvalue weighted by Gasteiger charge is -2.20. The summed E-state index contributed by atoms with van der Waals surface area (Å²) in [7, 11) is 0. The summed E-state index contributed by atoms with van der Waals surface area (Å²) in [4.78, 5) is 31.8. The summed E-state index contributed by atoms with van der Waals surface area (Å²) >= 11 is 1.40. The van der Waals surface area contributed by atoms with Crippen molar-refractivity contribution in [2.24, 2.45) is 0 Å². The highest BCUT2D eigenvalue weighted by Gasteiger charge is 2.20. The Morgan fingerprint density at radius 3 is 2.46 bits per heavy atom. The van der Waals surface area contributed by atoms with Gasteiger partial charge < -0.3 is 9.64 Å². The monoisotopic (exact) mass is 370 g/mol. The number of pyridine rings is 1. The van der Waals surface area contributed by atoms with E-state index in [1.165, 1.54) is 11.8 Å². The molecule has 1 aliphatic heterocycles. The van der Waals surface area contributed by atoms with Crippen LogP contribution in [0.5, 0.6) is 0 Å². The van der Waals surface area contributed by atoms with Crippen LogP contribution in [0.1, 0.15) is 36.0 Å². The van der Waals surface area contributed by atoms with Crippen molar-refractivity contribution in [1.29, 1.82) is 0 Å². The van der Waals surface area contributed by atoms with Crippen LogP contribution in [0.2, 0.25) is 0 Å². The number of aromatic nitrogens is 1. The Kier molecular flexibility index (Phi) is 6.66. The minimum Gasteiger partial charge on any atom is -0.452 e. The number of benzene rings is 1. The van der Waals surface area contributed by atoms with Gasteiger partial charge in [-0.2, -0.15) is 0 Å². The first-order valence-electron chi connectivity index (χ1n) is 8.87. The van der Waals surface area contributed by atoms with Gasteiger partial charge in [0.2, 0.25) is 0 Å². The minimum absolute atomic E-state index is 0.124. The van der Waals surface area contributed by atoms with Crippen molar-refractivity contribution in [2.45, 2.75) is 35.6 Å². The van der Waals surface area contributed by atoms with Gasteiger partial charge in [0.05, 0.1) is 5.56 Å². The van der Waals surface area contributed by atoms with Gasteiger partial charge in [-0.25, -0.2) is 9.78 Å². The summed E-state index contributed by atoms with van der Waals surface area (Å²) in [6, 6.07) is 13.1. The Morgan fingerprint density at radius 1 is 1.00 bits per heavy atom. The Morgan fingerprint density at radius 2 is 1.73 bits per heavy atom. The second-order valence-corrected chi connectivity index (χ2v) is 7.20. The molecular weight excluding hydrogens is 348 g/mol. The molecule has 1 aromatic heterocycles. The third-order valence-corrected chi connectivity index (χ3v) is 5.26. The third-order valence-electron chi connectivity index (χ3n) is 4.23. The van der Waals surface area contributed by atoms with Crippen LogP contribution in [0.4, 0.5) is 0 Å². The normalized spacial score (nSPS) is 14.5. The molecule has 136 valence electrons. The summed E-state index contributed by atoms with van der Waals surface area (Å²) in [6.45, 7) is 1.28. The maximum absolute atomic E-state index is 12.5. The Balaban J connectivity index is 1.61. The average Bonchev–Trinajstić information content (AvgIpc) is 2.97. The van der Waals surface area contributed by atoms with Crippen LogP contribution in [0, 0.1) is 0 Å². The van der Waals surface area contributed by atoms with E-state index in [4.69, 9.17) is 4.74 Å². The van der Waals surface area contributed by atoms with Gasteiger partial charge in [-0.15, -0.1) is 0 Å². The highest BCUT2D eigenvalue weighted by Crippen LogP contribution is 2.28. The topological polar surface area (TPSA) is 59.5 Å². The zero-order valence-electron chi connectivity index (χ0n) is 14.6. The lowest BCUT2D eigenvalue weighted by Crippen LogP contribution is -2.35. The summed E-state index contributed by atoms with van der Waals surface area (Å²) in [5, 5.41) is 0.575. The molecule has 1 saturated heterocycles. The number of carbonyl (C=O) groups is 2. The molecule has 0 aliphatic carbocycles. The van der Waals surface area contributed by atoms with Crippen LogP contribution in [-0.2, 0) is 9.53 Å². The first kappa shape index (κ1) is 18.5. The van der Waals surface area contributed by atoms with E-state index in [1.54, 1.807) is 23.2 Å². The first-order valence-corrected chi connectivity index (χ1v) is 9.68. The zero-order valence-corrected chi connectivity index (χ0v) is 15.4. The van der Waals surface area contributed by atoms with Crippen molar-refractivity contribution in [2.75, 3.05) is 19.7 Å². The molecule has 2 aromatic rings. The number of ether oxygens (including phenoxy) is 1. The summed E-state index contributed by atoms with van der Waals surface area (Å²) < 4.78 is 5.28. The van der Waals surface area contributed by atoms with Gasteiger partial charge >= 0.3 is 5.97 Å². The van der Waals surface area contributed by atoms with Crippen molar-refractivity contribution in [1.82, 2.24) is 9.88 Å². The Labute approximate surface area is 157 Å². The highest BCUT2D eigenvalue weighted by molar-refractivity contribution is 7.99. The van der Waals surface area contributed by atoms with Gasteiger partial charge in [0.25, 0.3) is 5.91 Å². The number of carbonyl (C=O) groups excluding carboxylic acids is 2. The van der Waals surface area contributed by atoms with Crippen molar-refractivity contribution in [3.8, 4) is 0 Å². The zero-order chi connectivity index (χ0) is 18.2. The van der Waals surface area contributed by atoms with Gasteiger partial charge in [-0.05, 0) is 37.1 Å². The lowest BCUT2D eigenvalue weighted by molar-refractivity contribution is -0.134. The smallest absolute Gasteiger partial charge is 0.341 e. The molecule has 5 nitrogen and oxygen atoms in total. The van der Waals surface area contributed by atoms with Crippen molar-refractivity contribution >= 4 is 23.6 Å². The summed E-state index contributed by atoms with van der Waals surface area (Å²) in [6.07, 6.45) is 5.98. The van der Waals surface area contributed by atoms with E-state index in [2.05, 4.69) is 4.98 Å². The number of hydrogen-bond donors (Lipinski definition) is 0. The Hall–Kier alpha value is -2.34. The first-order chi connectivity index (χ1) is 12.7. The van der Waals surface area contributed by atoms with E-state index >= 15 is 0 Å². The van der Waals surface area contributed by atoms with E-state index in [0.717, 1.165) is 43.7 Å². The number of rotatable bonds is 5. The van der Waals surface area contributed by atoms with Crippen LogP contribution in [-0.4, -0.2) is 41.5 Å². The van der Waals surface area contributed by atoms with Crippen LogP contribution >= 0.6 is 11.8 Å². The third kappa shape index (κ3) is 5.08. The largest absolute Gasteiger partial charge is 0.452 e. The second kappa shape index (κ2) is 9.38. The maximum atomic E-state index is 12.5. The SMILES string of the molecule is O=C(OCC(=O)N1CCCCCC1)c1cccnc1Sc1ccccc1. The molecule has 0 bridgehead atoms. The van der Waals surface area contributed by atoms with Gasteiger partial charge in [0.15, 0.2) is 6.61 Å². The van der Waals surface area contributed by atoms with Crippen LogP contribution in [0.25, 0.3) is 0 Å². The van der Waals surface area contributed by atoms with Crippen molar-refractivity contribution < 1.29 is 14.3 Å². The summed E-state index contributed by atoms with van der Waals surface area (Å²) in [5.74, 6) is -0.638. The molecule has 0 N–H and O–H groups in total. The number of likely N-dealkylation sites (tertiary alicyclic amines) is 1. The molecule has 0 unspecified atom stereocenters. The molecule has 0 atom stereocenters.